The molecule has 152 valence electrons. The highest BCUT2D eigenvalue weighted by Gasteiger charge is 2.40. The van der Waals surface area contributed by atoms with E-state index < -0.39 is 0 Å². The van der Waals surface area contributed by atoms with Crippen LogP contribution in [0.2, 0.25) is 0 Å². The Balaban J connectivity index is 1.66. The molecule has 2 aromatic rings. The quantitative estimate of drug-likeness (QED) is 0.853. The molecule has 0 radical (unpaired) electrons. The largest absolute Gasteiger partial charge is 0.378 e. The molecule has 3 atom stereocenters. The number of likely N-dealkylation sites (tertiary alicyclic amines) is 1. The van der Waals surface area contributed by atoms with E-state index in [1.165, 1.54) is 27.7 Å². The number of aromatic nitrogens is 1. The molecular weight excluding hydrogens is 350 g/mol. The second-order valence-electron chi connectivity index (χ2n) is 8.54. The van der Waals surface area contributed by atoms with E-state index in [0.29, 0.717) is 12.0 Å². The van der Waals surface area contributed by atoms with E-state index in [1.54, 1.807) is 0 Å². The fourth-order valence-electron chi connectivity index (χ4n) is 5.14. The van der Waals surface area contributed by atoms with Crippen LogP contribution in [-0.2, 0) is 6.42 Å². The van der Waals surface area contributed by atoms with E-state index in [0.717, 1.165) is 32.5 Å². The second kappa shape index (κ2) is 7.32. The van der Waals surface area contributed by atoms with Crippen molar-refractivity contribution < 1.29 is 4.79 Å². The van der Waals surface area contributed by atoms with Crippen LogP contribution in [-0.4, -0.2) is 73.7 Å². The smallest absolute Gasteiger partial charge is 0.317 e. The highest BCUT2D eigenvalue weighted by atomic mass is 16.2. The molecule has 1 fully saturated rings. The molecule has 1 aliphatic heterocycles. The topological polar surface area (TPSA) is 54.6 Å². The van der Waals surface area contributed by atoms with Gasteiger partial charge in [0.15, 0.2) is 0 Å². The number of nitrogens with zero attached hydrogens (tertiary/aromatic N) is 3. The standard InChI is InChI=1S/C22H33N5O/c1-6-27(7-2)22(28)24-15-9-17-18-10-16(25(3)4)11-19-21(18)14(12-23-19)8-20(17)26(5)13-15/h10-12,15,17,20,23H,6-9,13H2,1-5H3,(H,24,28)/t15-,17?,20+/m0/s1. The van der Waals surface area contributed by atoms with Gasteiger partial charge in [0.05, 0.1) is 0 Å². The van der Waals surface area contributed by atoms with Crippen LogP contribution in [0, 0.1) is 0 Å². The van der Waals surface area contributed by atoms with E-state index in [-0.39, 0.29) is 12.1 Å². The van der Waals surface area contributed by atoms with Gasteiger partial charge in [0.25, 0.3) is 0 Å². The summed E-state index contributed by atoms with van der Waals surface area (Å²) in [6, 6.07) is 5.34. The van der Waals surface area contributed by atoms with Crippen molar-refractivity contribution in [2.24, 2.45) is 0 Å². The van der Waals surface area contributed by atoms with Crippen LogP contribution in [0.1, 0.15) is 37.3 Å². The number of piperidine rings is 1. The first kappa shape index (κ1) is 19.1. The maximum atomic E-state index is 12.6. The first-order valence-corrected chi connectivity index (χ1v) is 10.5. The van der Waals surface area contributed by atoms with Crippen LogP contribution >= 0.6 is 0 Å². The van der Waals surface area contributed by atoms with Crippen molar-refractivity contribution in [2.45, 2.75) is 44.7 Å². The average Bonchev–Trinajstić information content (AvgIpc) is 3.07. The Hall–Kier alpha value is -2.21. The van der Waals surface area contributed by atoms with Crippen molar-refractivity contribution in [3.63, 3.8) is 0 Å². The van der Waals surface area contributed by atoms with Gasteiger partial charge in [0, 0.05) is 74.5 Å². The van der Waals surface area contributed by atoms with Crippen LogP contribution < -0.4 is 10.2 Å². The second-order valence-corrected chi connectivity index (χ2v) is 8.54. The number of hydrogen-bond acceptors (Lipinski definition) is 3. The van der Waals surface area contributed by atoms with Crippen molar-refractivity contribution in [3.8, 4) is 0 Å². The number of urea groups is 1. The third kappa shape index (κ3) is 3.13. The van der Waals surface area contributed by atoms with Crippen molar-refractivity contribution in [2.75, 3.05) is 45.7 Å². The third-order valence-electron chi connectivity index (χ3n) is 6.68. The van der Waals surface area contributed by atoms with E-state index in [9.17, 15) is 4.79 Å². The summed E-state index contributed by atoms with van der Waals surface area (Å²) in [4.78, 5) is 22.6. The Kier molecular flexibility index (Phi) is 5.00. The lowest BCUT2D eigenvalue weighted by Gasteiger charge is -2.46. The van der Waals surface area contributed by atoms with Gasteiger partial charge >= 0.3 is 6.03 Å². The highest BCUT2D eigenvalue weighted by molar-refractivity contribution is 5.91. The van der Waals surface area contributed by atoms with Crippen LogP contribution in [0.4, 0.5) is 10.5 Å². The molecule has 0 saturated carbocycles. The number of amides is 2. The molecule has 0 bridgehead atoms. The average molecular weight is 384 g/mol. The molecule has 6 heteroatoms. The Morgan fingerprint density at radius 1 is 1.29 bits per heavy atom. The number of nitrogens with one attached hydrogen (secondary N) is 2. The molecule has 1 saturated heterocycles. The summed E-state index contributed by atoms with van der Waals surface area (Å²) in [5.74, 6) is 0.437. The van der Waals surface area contributed by atoms with Gasteiger partial charge in [0.2, 0.25) is 0 Å². The molecule has 0 spiro atoms. The van der Waals surface area contributed by atoms with E-state index in [4.69, 9.17) is 0 Å². The number of benzene rings is 1. The molecule has 4 rings (SSSR count). The monoisotopic (exact) mass is 383 g/mol. The number of carbonyl (C=O) groups excluding carboxylic acids is 1. The van der Waals surface area contributed by atoms with Crippen LogP contribution in [0.5, 0.6) is 0 Å². The molecular formula is C22H33N5O. The normalized spacial score (nSPS) is 24.1. The molecule has 2 heterocycles. The first-order valence-electron chi connectivity index (χ1n) is 10.5. The predicted octanol–water partition coefficient (Wildman–Crippen LogP) is 3.00. The lowest BCUT2D eigenvalue weighted by atomic mass is 9.74. The Morgan fingerprint density at radius 3 is 2.71 bits per heavy atom. The van der Waals surface area contributed by atoms with Crippen LogP contribution in [0.3, 0.4) is 0 Å². The number of anilines is 1. The molecule has 1 aromatic carbocycles. The summed E-state index contributed by atoms with van der Waals surface area (Å²) in [5, 5.41) is 4.70. The molecule has 1 unspecified atom stereocenters. The summed E-state index contributed by atoms with van der Waals surface area (Å²) < 4.78 is 0. The summed E-state index contributed by atoms with van der Waals surface area (Å²) >= 11 is 0. The first-order chi connectivity index (χ1) is 13.4. The summed E-state index contributed by atoms with van der Waals surface area (Å²) in [5.41, 5.74) is 5.32. The zero-order valence-corrected chi connectivity index (χ0v) is 17.7. The fourth-order valence-corrected chi connectivity index (χ4v) is 5.14. The van der Waals surface area contributed by atoms with Crippen LogP contribution in [0.25, 0.3) is 10.9 Å². The van der Waals surface area contributed by atoms with E-state index >= 15 is 0 Å². The molecule has 2 amide bonds. The van der Waals surface area contributed by atoms with Gasteiger partial charge in [-0.25, -0.2) is 4.79 Å². The maximum absolute atomic E-state index is 12.6. The number of rotatable bonds is 4. The number of carbonyl (C=O) groups is 1. The number of likely N-dealkylation sites (N-methyl/N-ethyl adjacent to an activating group) is 1. The van der Waals surface area contributed by atoms with Gasteiger partial charge < -0.3 is 25.0 Å². The number of fused-ring (bicyclic) bond motifs is 2. The minimum absolute atomic E-state index is 0.0622. The summed E-state index contributed by atoms with van der Waals surface area (Å²) in [6.45, 7) is 6.46. The SMILES string of the molecule is CCN(CC)C(=O)N[C@H]1CC2c3cc(N(C)C)cc4[nH]cc(c34)C[C@H]2N(C)C1. The van der Waals surface area contributed by atoms with Crippen molar-refractivity contribution in [3.05, 3.63) is 29.5 Å². The lowest BCUT2D eigenvalue weighted by molar-refractivity contribution is 0.124. The minimum atomic E-state index is 0.0622. The summed E-state index contributed by atoms with van der Waals surface area (Å²) in [7, 11) is 6.40. The Labute approximate surface area is 167 Å². The van der Waals surface area contributed by atoms with E-state index in [2.05, 4.69) is 59.6 Å². The minimum Gasteiger partial charge on any atom is -0.378 e. The highest BCUT2D eigenvalue weighted by Crippen LogP contribution is 2.44. The fraction of sp³-hybridized carbons (Fsp3) is 0.591. The zero-order chi connectivity index (χ0) is 20.0. The zero-order valence-electron chi connectivity index (χ0n) is 17.7. The number of aromatic amines is 1. The van der Waals surface area contributed by atoms with Crippen LogP contribution in [0.15, 0.2) is 18.3 Å². The Morgan fingerprint density at radius 2 is 2.04 bits per heavy atom. The summed E-state index contributed by atoms with van der Waals surface area (Å²) in [6.07, 6.45) is 4.26. The molecule has 1 aromatic heterocycles. The predicted molar refractivity (Wildman–Crippen MR) is 115 cm³/mol. The lowest BCUT2D eigenvalue weighted by Crippen LogP contribution is -2.56. The van der Waals surface area contributed by atoms with Gasteiger partial charge in [0.1, 0.15) is 0 Å². The van der Waals surface area contributed by atoms with Gasteiger partial charge in [-0.1, -0.05) is 0 Å². The van der Waals surface area contributed by atoms with Gasteiger partial charge in [-0.3, -0.25) is 0 Å². The molecule has 2 aliphatic rings. The maximum Gasteiger partial charge on any atom is 0.317 e. The molecule has 6 nitrogen and oxygen atoms in total. The third-order valence-corrected chi connectivity index (χ3v) is 6.68. The molecule has 28 heavy (non-hydrogen) atoms. The van der Waals surface area contributed by atoms with Crippen molar-refractivity contribution >= 4 is 22.6 Å². The van der Waals surface area contributed by atoms with E-state index in [1.807, 2.05) is 18.7 Å². The number of H-pyrrole nitrogens is 1. The van der Waals surface area contributed by atoms with Gasteiger partial charge in [-0.15, -0.1) is 0 Å². The van der Waals surface area contributed by atoms with Gasteiger partial charge in [-0.2, -0.15) is 0 Å². The number of hydrogen-bond donors (Lipinski definition) is 2. The van der Waals surface area contributed by atoms with Crippen molar-refractivity contribution in [1.29, 1.82) is 0 Å². The molecule has 1 aliphatic carbocycles. The Bertz CT molecular complexity index is 869. The molecule has 2 N–H and O–H groups in total. The van der Waals surface area contributed by atoms with Crippen molar-refractivity contribution in [1.82, 2.24) is 20.1 Å². The van der Waals surface area contributed by atoms with Gasteiger partial charge in [-0.05, 0) is 57.0 Å².